The second-order valence-corrected chi connectivity index (χ2v) is 7.35. The summed E-state index contributed by atoms with van der Waals surface area (Å²) in [6, 6.07) is 13.3. The van der Waals surface area contributed by atoms with Crippen LogP contribution in [0.15, 0.2) is 56.3 Å². The Morgan fingerprint density at radius 1 is 1.14 bits per heavy atom. The molecule has 0 aliphatic rings. The molecule has 0 aromatic heterocycles. The lowest BCUT2D eigenvalue weighted by atomic mass is 10.1. The Hall–Kier alpha value is -0.400. The van der Waals surface area contributed by atoms with E-state index in [2.05, 4.69) is 49.4 Å². The molecule has 1 unspecified atom stereocenters. The monoisotopic (exact) mass is 432 g/mol. The Labute approximate surface area is 144 Å². The van der Waals surface area contributed by atoms with Gasteiger partial charge in [-0.3, -0.25) is 11.3 Å². The van der Waals surface area contributed by atoms with Gasteiger partial charge in [-0.05, 0) is 58.2 Å². The molecular weight excluding hydrogens is 419 g/mol. The number of thioether (sulfide) groups is 1. The summed E-state index contributed by atoms with van der Waals surface area (Å²) in [5, 5.41) is 0. The number of benzene rings is 2. The van der Waals surface area contributed by atoms with Gasteiger partial charge in [0.05, 0.1) is 4.47 Å². The van der Waals surface area contributed by atoms with Gasteiger partial charge < -0.3 is 0 Å². The summed E-state index contributed by atoms with van der Waals surface area (Å²) in [5.74, 6) is 6.18. The van der Waals surface area contributed by atoms with Crippen molar-refractivity contribution in [1.82, 2.24) is 5.43 Å². The number of hydrogen-bond donors (Lipinski definition) is 2. The van der Waals surface area contributed by atoms with E-state index in [-0.39, 0.29) is 11.9 Å². The van der Waals surface area contributed by atoms with E-state index in [0.717, 1.165) is 15.8 Å². The Morgan fingerprint density at radius 3 is 2.52 bits per heavy atom. The van der Waals surface area contributed by atoms with E-state index < -0.39 is 0 Å². The smallest absolute Gasteiger partial charge is 0.137 e. The van der Waals surface area contributed by atoms with Crippen LogP contribution in [0.1, 0.15) is 5.56 Å². The van der Waals surface area contributed by atoms with Crippen molar-refractivity contribution < 1.29 is 4.39 Å². The first-order valence-electron chi connectivity index (χ1n) is 6.37. The summed E-state index contributed by atoms with van der Waals surface area (Å²) in [4.78, 5) is 1.18. The van der Waals surface area contributed by atoms with E-state index in [1.54, 1.807) is 17.8 Å². The van der Waals surface area contributed by atoms with Crippen molar-refractivity contribution in [3.8, 4) is 0 Å². The highest BCUT2D eigenvalue weighted by atomic mass is 79.9. The van der Waals surface area contributed by atoms with E-state index in [1.807, 2.05) is 18.2 Å². The Kier molecular flexibility index (Phi) is 6.70. The van der Waals surface area contributed by atoms with Gasteiger partial charge in [0.25, 0.3) is 0 Å². The lowest BCUT2D eigenvalue weighted by Crippen LogP contribution is -2.38. The van der Waals surface area contributed by atoms with Crippen LogP contribution in [0.4, 0.5) is 4.39 Å². The van der Waals surface area contributed by atoms with Crippen LogP contribution in [0, 0.1) is 5.82 Å². The fourth-order valence-corrected chi connectivity index (χ4v) is 3.49. The number of halogens is 3. The van der Waals surface area contributed by atoms with Crippen molar-refractivity contribution in [3.05, 3.63) is 62.8 Å². The van der Waals surface area contributed by atoms with Gasteiger partial charge in [0.15, 0.2) is 0 Å². The molecule has 112 valence electrons. The molecule has 2 aromatic rings. The van der Waals surface area contributed by atoms with Crippen molar-refractivity contribution in [2.45, 2.75) is 17.4 Å². The zero-order chi connectivity index (χ0) is 15.2. The summed E-state index contributed by atoms with van der Waals surface area (Å²) in [7, 11) is 0. The predicted molar refractivity (Wildman–Crippen MR) is 93.8 cm³/mol. The normalized spacial score (nSPS) is 12.4. The molecule has 0 amide bonds. The number of nitrogens with one attached hydrogen (secondary N) is 1. The Balaban J connectivity index is 1.97. The van der Waals surface area contributed by atoms with Gasteiger partial charge in [-0.2, -0.15) is 0 Å². The predicted octanol–water partition coefficient (Wildman–Crippen LogP) is 4.52. The maximum Gasteiger partial charge on any atom is 0.137 e. The second-order valence-electron chi connectivity index (χ2n) is 4.55. The first-order chi connectivity index (χ1) is 10.1. The molecule has 21 heavy (non-hydrogen) atoms. The summed E-state index contributed by atoms with van der Waals surface area (Å²) in [6.45, 7) is 0. The van der Waals surface area contributed by atoms with Crippen molar-refractivity contribution >= 4 is 43.6 Å². The van der Waals surface area contributed by atoms with Crippen LogP contribution < -0.4 is 11.3 Å². The fraction of sp³-hybridized carbons (Fsp3) is 0.200. The zero-order valence-electron chi connectivity index (χ0n) is 11.2. The van der Waals surface area contributed by atoms with Crippen molar-refractivity contribution in [3.63, 3.8) is 0 Å². The molecule has 0 fully saturated rings. The standard InChI is InChI=1S/C15H15Br2FN2S/c16-11-4-6-13(7-5-11)21-9-12(20-19)8-10-2-1-3-14(18)15(10)17/h1-7,12,20H,8-9,19H2. The molecule has 0 saturated heterocycles. The van der Waals surface area contributed by atoms with Gasteiger partial charge in [-0.1, -0.05) is 28.1 Å². The van der Waals surface area contributed by atoms with E-state index in [9.17, 15) is 4.39 Å². The largest absolute Gasteiger partial charge is 0.271 e. The SMILES string of the molecule is NNC(CSc1ccc(Br)cc1)Cc1cccc(F)c1Br. The summed E-state index contributed by atoms with van der Waals surface area (Å²) in [5.41, 5.74) is 3.72. The highest BCUT2D eigenvalue weighted by Crippen LogP contribution is 2.25. The number of hydrogen-bond acceptors (Lipinski definition) is 3. The minimum atomic E-state index is -0.246. The molecule has 6 heteroatoms. The van der Waals surface area contributed by atoms with Gasteiger partial charge in [-0.15, -0.1) is 11.8 Å². The molecule has 2 aromatic carbocycles. The van der Waals surface area contributed by atoms with E-state index in [0.29, 0.717) is 10.9 Å². The minimum absolute atomic E-state index is 0.0664. The third-order valence-electron chi connectivity index (χ3n) is 3.00. The van der Waals surface area contributed by atoms with Gasteiger partial charge >= 0.3 is 0 Å². The third kappa shape index (κ3) is 5.07. The third-order valence-corrected chi connectivity index (χ3v) is 5.59. The topological polar surface area (TPSA) is 38.0 Å². The lowest BCUT2D eigenvalue weighted by molar-refractivity contribution is 0.568. The van der Waals surface area contributed by atoms with E-state index in [4.69, 9.17) is 5.84 Å². The first-order valence-corrected chi connectivity index (χ1v) is 8.94. The van der Waals surface area contributed by atoms with Crippen molar-refractivity contribution in [1.29, 1.82) is 0 Å². The van der Waals surface area contributed by atoms with Gasteiger partial charge in [0.1, 0.15) is 5.82 Å². The minimum Gasteiger partial charge on any atom is -0.271 e. The van der Waals surface area contributed by atoms with Gasteiger partial charge in [0.2, 0.25) is 0 Å². The number of rotatable bonds is 6. The van der Waals surface area contributed by atoms with Crippen LogP contribution in [0.3, 0.4) is 0 Å². The van der Waals surface area contributed by atoms with Crippen LogP contribution in [0.25, 0.3) is 0 Å². The molecule has 0 aliphatic carbocycles. The van der Waals surface area contributed by atoms with Crippen LogP contribution in [-0.4, -0.2) is 11.8 Å². The van der Waals surface area contributed by atoms with Gasteiger partial charge in [-0.25, -0.2) is 4.39 Å². The molecule has 2 rings (SSSR count). The zero-order valence-corrected chi connectivity index (χ0v) is 15.1. The molecule has 0 heterocycles. The van der Waals surface area contributed by atoms with Crippen LogP contribution in [0.5, 0.6) is 0 Å². The van der Waals surface area contributed by atoms with Crippen LogP contribution in [0.2, 0.25) is 0 Å². The van der Waals surface area contributed by atoms with E-state index in [1.165, 1.54) is 11.0 Å². The molecule has 2 nitrogen and oxygen atoms in total. The Bertz CT molecular complexity index is 593. The average molecular weight is 434 g/mol. The molecule has 3 N–H and O–H groups in total. The quantitative estimate of drug-likeness (QED) is 0.399. The maximum absolute atomic E-state index is 13.5. The molecule has 0 saturated carbocycles. The summed E-state index contributed by atoms with van der Waals surface area (Å²) < 4.78 is 15.1. The molecule has 0 bridgehead atoms. The number of hydrazine groups is 1. The van der Waals surface area contributed by atoms with Crippen molar-refractivity contribution in [2.75, 3.05) is 5.75 Å². The Morgan fingerprint density at radius 2 is 1.86 bits per heavy atom. The molecule has 0 radical (unpaired) electrons. The van der Waals surface area contributed by atoms with Crippen LogP contribution >= 0.6 is 43.6 Å². The maximum atomic E-state index is 13.5. The van der Waals surface area contributed by atoms with Crippen molar-refractivity contribution in [2.24, 2.45) is 5.84 Å². The molecular formula is C15H15Br2FN2S. The molecule has 0 aliphatic heterocycles. The summed E-state index contributed by atoms with van der Waals surface area (Å²) >= 11 is 8.42. The second kappa shape index (κ2) is 8.29. The summed E-state index contributed by atoms with van der Waals surface area (Å²) in [6.07, 6.45) is 0.665. The fourth-order valence-electron chi connectivity index (χ4n) is 1.87. The van der Waals surface area contributed by atoms with Gasteiger partial charge in [0, 0.05) is 21.2 Å². The number of nitrogens with two attached hydrogens (primary N) is 1. The molecule has 0 spiro atoms. The highest BCUT2D eigenvalue weighted by molar-refractivity contribution is 9.10. The van der Waals surface area contributed by atoms with E-state index >= 15 is 0 Å². The average Bonchev–Trinajstić information content (AvgIpc) is 2.49. The highest BCUT2D eigenvalue weighted by Gasteiger charge is 2.12. The first kappa shape index (κ1) is 17.0. The van der Waals surface area contributed by atoms with Crippen LogP contribution in [-0.2, 0) is 6.42 Å². The lowest BCUT2D eigenvalue weighted by Gasteiger charge is -2.16. The molecule has 1 atom stereocenters.